The minimum Gasteiger partial charge on any atom is -0.383 e. The largest absolute Gasteiger partial charge is 0.383 e. The summed E-state index contributed by atoms with van der Waals surface area (Å²) in [5.41, 5.74) is 7.31. The summed E-state index contributed by atoms with van der Waals surface area (Å²) in [5.74, 6) is -0.176. The molecule has 7 nitrogen and oxygen atoms in total. The highest BCUT2D eigenvalue weighted by Crippen LogP contribution is 2.16. The summed E-state index contributed by atoms with van der Waals surface area (Å²) in [6.07, 6.45) is 1.41. The van der Waals surface area contributed by atoms with E-state index in [1.165, 1.54) is 17.8 Å². The molecule has 0 aliphatic heterocycles. The monoisotopic (exact) mass is 273 g/mol. The van der Waals surface area contributed by atoms with Gasteiger partial charge in [0.25, 0.3) is 5.91 Å². The number of carbonyl (C=O) groups is 2. The van der Waals surface area contributed by atoms with Gasteiger partial charge in [-0.25, -0.2) is 0 Å². The minimum absolute atomic E-state index is 0.148. The minimum atomic E-state index is -0.331. The van der Waals surface area contributed by atoms with E-state index in [4.69, 9.17) is 5.73 Å². The predicted molar refractivity (Wildman–Crippen MR) is 76.3 cm³/mol. The molecule has 7 heteroatoms. The molecule has 4 N–H and O–H groups in total. The molecule has 0 atom stereocenters. The molecule has 0 radical (unpaired) electrons. The predicted octanol–water partition coefficient (Wildman–Crippen LogP) is 1.21. The summed E-state index contributed by atoms with van der Waals surface area (Å²) in [5, 5.41) is 9.26. The molecule has 2 aromatic rings. The van der Waals surface area contributed by atoms with Crippen molar-refractivity contribution in [1.29, 1.82) is 0 Å². The van der Waals surface area contributed by atoms with Gasteiger partial charge in [0.1, 0.15) is 11.4 Å². The van der Waals surface area contributed by atoms with Crippen molar-refractivity contribution >= 4 is 29.0 Å². The number of aromatic nitrogens is 2. The van der Waals surface area contributed by atoms with Crippen molar-refractivity contribution in [2.24, 2.45) is 7.05 Å². The maximum Gasteiger partial charge on any atom is 0.261 e. The van der Waals surface area contributed by atoms with Gasteiger partial charge in [-0.2, -0.15) is 5.10 Å². The molecule has 1 aromatic heterocycles. The summed E-state index contributed by atoms with van der Waals surface area (Å²) in [6.45, 7) is 1.43. The Labute approximate surface area is 115 Å². The molecule has 1 heterocycles. The van der Waals surface area contributed by atoms with Crippen LogP contribution in [0.1, 0.15) is 17.3 Å². The highest BCUT2D eigenvalue weighted by molar-refractivity contribution is 6.07. The fourth-order valence-corrected chi connectivity index (χ4v) is 1.66. The Bertz CT molecular complexity index is 645. The Morgan fingerprint density at radius 2 is 1.70 bits per heavy atom. The first-order valence-corrected chi connectivity index (χ1v) is 5.94. The first-order valence-electron chi connectivity index (χ1n) is 5.94. The quantitative estimate of drug-likeness (QED) is 0.782. The average Bonchev–Trinajstić information content (AvgIpc) is 2.72. The van der Waals surface area contributed by atoms with Crippen LogP contribution in [0.5, 0.6) is 0 Å². The molecule has 20 heavy (non-hydrogen) atoms. The molecular weight excluding hydrogens is 258 g/mol. The van der Waals surface area contributed by atoms with Crippen LogP contribution in [0.25, 0.3) is 0 Å². The lowest BCUT2D eigenvalue weighted by molar-refractivity contribution is -0.114. The number of aryl methyl sites for hydroxylation is 1. The number of hydrogen-bond acceptors (Lipinski definition) is 4. The number of nitrogens with zero attached hydrogens (tertiary/aromatic N) is 2. The van der Waals surface area contributed by atoms with Crippen molar-refractivity contribution in [3.8, 4) is 0 Å². The van der Waals surface area contributed by atoms with Gasteiger partial charge in [-0.1, -0.05) is 0 Å². The fourth-order valence-electron chi connectivity index (χ4n) is 1.66. The second-order valence-electron chi connectivity index (χ2n) is 4.28. The van der Waals surface area contributed by atoms with Crippen LogP contribution in [0.3, 0.4) is 0 Å². The normalized spacial score (nSPS) is 10.1. The van der Waals surface area contributed by atoms with E-state index < -0.39 is 0 Å². The van der Waals surface area contributed by atoms with E-state index in [1.54, 1.807) is 31.3 Å². The molecule has 1 aromatic carbocycles. The Balaban J connectivity index is 2.08. The molecule has 2 amide bonds. The van der Waals surface area contributed by atoms with Crippen LogP contribution in [-0.4, -0.2) is 21.6 Å². The number of benzene rings is 1. The molecule has 0 saturated heterocycles. The van der Waals surface area contributed by atoms with E-state index in [-0.39, 0.29) is 11.8 Å². The van der Waals surface area contributed by atoms with E-state index in [0.717, 1.165) is 0 Å². The number of nitrogens with one attached hydrogen (secondary N) is 2. The molecule has 0 aliphatic rings. The van der Waals surface area contributed by atoms with E-state index >= 15 is 0 Å². The zero-order valence-corrected chi connectivity index (χ0v) is 11.2. The molecule has 0 unspecified atom stereocenters. The summed E-state index contributed by atoms with van der Waals surface area (Å²) < 4.78 is 1.43. The van der Waals surface area contributed by atoms with Gasteiger partial charge in [-0.05, 0) is 24.3 Å². The zero-order chi connectivity index (χ0) is 14.7. The van der Waals surface area contributed by atoms with Crippen LogP contribution in [0.2, 0.25) is 0 Å². The van der Waals surface area contributed by atoms with Gasteiger partial charge in [-0.15, -0.1) is 0 Å². The highest BCUT2D eigenvalue weighted by atomic mass is 16.2. The lowest BCUT2D eigenvalue weighted by Gasteiger charge is -2.06. The molecular formula is C13H15N5O2. The fraction of sp³-hybridized carbons (Fsp3) is 0.154. The number of hydrogen-bond donors (Lipinski definition) is 3. The van der Waals surface area contributed by atoms with Crippen molar-refractivity contribution in [3.05, 3.63) is 36.0 Å². The smallest absolute Gasteiger partial charge is 0.261 e. The van der Waals surface area contributed by atoms with Crippen LogP contribution < -0.4 is 16.4 Å². The average molecular weight is 273 g/mol. The van der Waals surface area contributed by atoms with Crippen molar-refractivity contribution in [1.82, 2.24) is 9.78 Å². The first kappa shape index (κ1) is 13.6. The highest BCUT2D eigenvalue weighted by Gasteiger charge is 2.13. The van der Waals surface area contributed by atoms with E-state index in [9.17, 15) is 9.59 Å². The number of rotatable bonds is 3. The van der Waals surface area contributed by atoms with Crippen LogP contribution in [0.15, 0.2) is 30.5 Å². The van der Waals surface area contributed by atoms with Crippen molar-refractivity contribution in [2.45, 2.75) is 6.92 Å². The summed E-state index contributed by atoms with van der Waals surface area (Å²) in [4.78, 5) is 22.9. The van der Waals surface area contributed by atoms with Crippen LogP contribution in [-0.2, 0) is 11.8 Å². The SMILES string of the molecule is CC(=O)Nc1ccc(NC(=O)c2cnn(C)c2N)cc1. The van der Waals surface area contributed by atoms with Crippen molar-refractivity contribution in [3.63, 3.8) is 0 Å². The van der Waals surface area contributed by atoms with Crippen LogP contribution in [0.4, 0.5) is 17.2 Å². The maximum atomic E-state index is 12.0. The molecule has 104 valence electrons. The van der Waals surface area contributed by atoms with Gasteiger partial charge in [0.05, 0.1) is 6.20 Å². The number of carbonyl (C=O) groups excluding carboxylic acids is 2. The third-order valence-corrected chi connectivity index (χ3v) is 2.69. The Kier molecular flexibility index (Phi) is 3.69. The van der Waals surface area contributed by atoms with Crippen molar-refractivity contribution in [2.75, 3.05) is 16.4 Å². The summed E-state index contributed by atoms with van der Waals surface area (Å²) in [7, 11) is 1.66. The topological polar surface area (TPSA) is 102 Å². The van der Waals surface area contributed by atoms with Gasteiger partial charge in [0, 0.05) is 25.3 Å². The van der Waals surface area contributed by atoms with Gasteiger partial charge < -0.3 is 16.4 Å². The molecule has 0 fully saturated rings. The zero-order valence-electron chi connectivity index (χ0n) is 11.2. The molecule has 0 bridgehead atoms. The Morgan fingerprint density at radius 1 is 1.15 bits per heavy atom. The van der Waals surface area contributed by atoms with Crippen LogP contribution >= 0.6 is 0 Å². The lowest BCUT2D eigenvalue weighted by atomic mass is 10.2. The van der Waals surface area contributed by atoms with E-state index in [1.807, 2.05) is 0 Å². The standard InChI is InChI=1S/C13H15N5O2/c1-8(19)16-9-3-5-10(6-4-9)17-13(20)11-7-15-18(2)12(11)14/h3-7H,14H2,1-2H3,(H,16,19)(H,17,20). The first-order chi connectivity index (χ1) is 9.47. The lowest BCUT2D eigenvalue weighted by Crippen LogP contribution is -2.14. The number of anilines is 3. The molecule has 0 saturated carbocycles. The second-order valence-corrected chi connectivity index (χ2v) is 4.28. The van der Waals surface area contributed by atoms with Gasteiger partial charge >= 0.3 is 0 Å². The second kappa shape index (κ2) is 5.43. The number of amides is 2. The number of nitrogens with two attached hydrogens (primary N) is 1. The van der Waals surface area contributed by atoms with Gasteiger partial charge in [-0.3, -0.25) is 14.3 Å². The third kappa shape index (κ3) is 2.94. The molecule has 2 rings (SSSR count). The van der Waals surface area contributed by atoms with Crippen LogP contribution in [0, 0.1) is 0 Å². The summed E-state index contributed by atoms with van der Waals surface area (Å²) in [6, 6.07) is 6.78. The third-order valence-electron chi connectivity index (χ3n) is 2.69. The van der Waals surface area contributed by atoms with E-state index in [2.05, 4.69) is 15.7 Å². The molecule has 0 spiro atoms. The Morgan fingerprint density at radius 3 is 2.15 bits per heavy atom. The summed E-state index contributed by atoms with van der Waals surface area (Å²) >= 11 is 0. The van der Waals surface area contributed by atoms with E-state index in [0.29, 0.717) is 22.8 Å². The maximum absolute atomic E-state index is 12.0. The molecule has 0 aliphatic carbocycles. The van der Waals surface area contributed by atoms with Gasteiger partial charge in [0.15, 0.2) is 0 Å². The number of nitrogen functional groups attached to an aromatic ring is 1. The van der Waals surface area contributed by atoms with Crippen molar-refractivity contribution < 1.29 is 9.59 Å². The Hall–Kier alpha value is -2.83. The van der Waals surface area contributed by atoms with Gasteiger partial charge in [0.2, 0.25) is 5.91 Å².